The van der Waals surface area contributed by atoms with E-state index in [2.05, 4.69) is 15.9 Å². The van der Waals surface area contributed by atoms with Crippen LogP contribution in [0, 0.1) is 0 Å². The van der Waals surface area contributed by atoms with E-state index in [1.807, 2.05) is 29.2 Å². The lowest BCUT2D eigenvalue weighted by Crippen LogP contribution is -2.32. The first-order chi connectivity index (χ1) is 7.65. The topological polar surface area (TPSA) is 46.3 Å². The van der Waals surface area contributed by atoms with E-state index >= 15 is 0 Å². The number of nitrogens with two attached hydrogens (primary N) is 1. The molecule has 2 rings (SSSR count). The van der Waals surface area contributed by atoms with E-state index in [4.69, 9.17) is 5.73 Å². The Bertz CT molecular complexity index is 383. The summed E-state index contributed by atoms with van der Waals surface area (Å²) in [4.78, 5) is 13.8. The second-order valence-corrected chi connectivity index (χ2v) is 5.11. The van der Waals surface area contributed by atoms with E-state index in [1.165, 1.54) is 0 Å². The smallest absolute Gasteiger partial charge is 0.227 e. The van der Waals surface area contributed by atoms with Gasteiger partial charge in [0.2, 0.25) is 5.91 Å². The number of amides is 1. The van der Waals surface area contributed by atoms with Crippen LogP contribution < -0.4 is 5.73 Å². The van der Waals surface area contributed by atoms with Gasteiger partial charge >= 0.3 is 0 Å². The molecule has 1 atom stereocenters. The Labute approximate surface area is 116 Å². The SMILES string of the molecule is Cl.N[C@H]1CCN(C(=O)Cc2ccc(Br)cc2)C1. The van der Waals surface area contributed by atoms with Crippen LogP contribution in [0.1, 0.15) is 12.0 Å². The lowest BCUT2D eigenvalue weighted by molar-refractivity contribution is -0.129. The minimum atomic E-state index is 0. The molecule has 17 heavy (non-hydrogen) atoms. The minimum Gasteiger partial charge on any atom is -0.341 e. The summed E-state index contributed by atoms with van der Waals surface area (Å²) in [5.74, 6) is 0.176. The summed E-state index contributed by atoms with van der Waals surface area (Å²) in [6.45, 7) is 1.51. The van der Waals surface area contributed by atoms with Crippen molar-refractivity contribution in [2.45, 2.75) is 18.9 Å². The number of likely N-dealkylation sites (tertiary alicyclic amines) is 1. The molecule has 1 saturated heterocycles. The summed E-state index contributed by atoms with van der Waals surface area (Å²) in [5.41, 5.74) is 6.83. The Kier molecular flexibility index (Phi) is 5.43. The largest absolute Gasteiger partial charge is 0.341 e. The third-order valence-corrected chi connectivity index (χ3v) is 3.37. The maximum Gasteiger partial charge on any atom is 0.227 e. The van der Waals surface area contributed by atoms with Crippen molar-refractivity contribution in [2.75, 3.05) is 13.1 Å². The van der Waals surface area contributed by atoms with Gasteiger partial charge in [0, 0.05) is 23.6 Å². The number of carbonyl (C=O) groups excluding carboxylic acids is 1. The summed E-state index contributed by atoms with van der Waals surface area (Å²) in [5, 5.41) is 0. The van der Waals surface area contributed by atoms with Crippen LogP contribution in [-0.4, -0.2) is 29.9 Å². The van der Waals surface area contributed by atoms with Gasteiger partial charge in [-0.15, -0.1) is 12.4 Å². The Morgan fingerprint density at radius 2 is 2.06 bits per heavy atom. The van der Waals surface area contributed by atoms with E-state index in [0.29, 0.717) is 13.0 Å². The van der Waals surface area contributed by atoms with Gasteiger partial charge in [-0.05, 0) is 24.1 Å². The van der Waals surface area contributed by atoms with Gasteiger partial charge in [0.25, 0.3) is 0 Å². The summed E-state index contributed by atoms with van der Waals surface area (Å²) in [7, 11) is 0. The predicted octanol–water partition coefficient (Wildman–Crippen LogP) is 1.97. The lowest BCUT2D eigenvalue weighted by atomic mass is 10.1. The van der Waals surface area contributed by atoms with Crippen LogP contribution in [0.15, 0.2) is 28.7 Å². The first kappa shape index (κ1) is 14.5. The quantitative estimate of drug-likeness (QED) is 0.906. The van der Waals surface area contributed by atoms with Crippen LogP contribution in [0.4, 0.5) is 0 Å². The van der Waals surface area contributed by atoms with Gasteiger partial charge in [0.15, 0.2) is 0 Å². The van der Waals surface area contributed by atoms with E-state index < -0.39 is 0 Å². The molecule has 0 radical (unpaired) electrons. The van der Waals surface area contributed by atoms with Gasteiger partial charge in [-0.1, -0.05) is 28.1 Å². The van der Waals surface area contributed by atoms with E-state index in [9.17, 15) is 4.79 Å². The normalized spacial score (nSPS) is 18.9. The third-order valence-electron chi connectivity index (χ3n) is 2.85. The van der Waals surface area contributed by atoms with Crippen LogP contribution in [-0.2, 0) is 11.2 Å². The molecule has 0 saturated carbocycles. The molecule has 0 bridgehead atoms. The van der Waals surface area contributed by atoms with E-state index in [-0.39, 0.29) is 24.4 Å². The molecule has 0 aromatic heterocycles. The zero-order valence-corrected chi connectivity index (χ0v) is 11.8. The first-order valence-corrected chi connectivity index (χ1v) is 6.22. The van der Waals surface area contributed by atoms with Crippen molar-refractivity contribution in [2.24, 2.45) is 5.73 Å². The number of hydrogen-bond acceptors (Lipinski definition) is 2. The highest BCUT2D eigenvalue weighted by atomic mass is 79.9. The third kappa shape index (κ3) is 3.98. The Hall–Kier alpha value is -0.580. The number of rotatable bonds is 2. The maximum atomic E-state index is 11.9. The summed E-state index contributed by atoms with van der Waals surface area (Å²) in [6, 6.07) is 8.01. The molecule has 1 heterocycles. The average Bonchev–Trinajstić information content (AvgIpc) is 2.68. The van der Waals surface area contributed by atoms with Crippen LogP contribution in [0.25, 0.3) is 0 Å². The number of hydrogen-bond donors (Lipinski definition) is 1. The molecule has 1 aromatic rings. The molecule has 0 aliphatic carbocycles. The molecular weight excluding hydrogens is 304 g/mol. The van der Waals surface area contributed by atoms with E-state index in [1.54, 1.807) is 0 Å². The maximum absolute atomic E-state index is 11.9. The Balaban J connectivity index is 0.00000144. The first-order valence-electron chi connectivity index (χ1n) is 5.43. The Morgan fingerprint density at radius 3 is 2.59 bits per heavy atom. The molecule has 94 valence electrons. The van der Waals surface area contributed by atoms with Crippen LogP contribution in [0.5, 0.6) is 0 Å². The highest BCUT2D eigenvalue weighted by Gasteiger charge is 2.23. The van der Waals surface area contributed by atoms with Gasteiger partial charge < -0.3 is 10.6 Å². The zero-order chi connectivity index (χ0) is 11.5. The molecular formula is C12H16BrClN2O. The molecule has 1 amide bonds. The Morgan fingerprint density at radius 1 is 1.41 bits per heavy atom. The van der Waals surface area contributed by atoms with Crippen molar-refractivity contribution in [1.82, 2.24) is 4.90 Å². The fourth-order valence-electron chi connectivity index (χ4n) is 1.90. The van der Waals surface area contributed by atoms with Crippen LogP contribution >= 0.6 is 28.3 Å². The molecule has 1 fully saturated rings. The van der Waals surface area contributed by atoms with Gasteiger partial charge in [0.1, 0.15) is 0 Å². The molecule has 5 heteroatoms. The van der Waals surface area contributed by atoms with Crippen molar-refractivity contribution in [3.05, 3.63) is 34.3 Å². The van der Waals surface area contributed by atoms with Crippen molar-refractivity contribution in [3.63, 3.8) is 0 Å². The number of nitrogens with zero attached hydrogens (tertiary/aromatic N) is 1. The number of carbonyl (C=O) groups is 1. The van der Waals surface area contributed by atoms with Crippen molar-refractivity contribution < 1.29 is 4.79 Å². The fraction of sp³-hybridized carbons (Fsp3) is 0.417. The molecule has 0 unspecified atom stereocenters. The van der Waals surface area contributed by atoms with Crippen LogP contribution in [0.3, 0.4) is 0 Å². The number of halogens is 2. The molecule has 3 nitrogen and oxygen atoms in total. The lowest BCUT2D eigenvalue weighted by Gasteiger charge is -2.15. The van der Waals surface area contributed by atoms with Crippen molar-refractivity contribution in [3.8, 4) is 0 Å². The average molecular weight is 320 g/mol. The van der Waals surface area contributed by atoms with Crippen LogP contribution in [0.2, 0.25) is 0 Å². The molecule has 1 aromatic carbocycles. The predicted molar refractivity (Wildman–Crippen MR) is 74.3 cm³/mol. The summed E-state index contributed by atoms with van der Waals surface area (Å²) < 4.78 is 1.03. The molecule has 1 aliphatic rings. The minimum absolute atomic E-state index is 0. The number of benzene rings is 1. The molecule has 0 spiro atoms. The monoisotopic (exact) mass is 318 g/mol. The summed E-state index contributed by atoms with van der Waals surface area (Å²) >= 11 is 3.37. The fourth-order valence-corrected chi connectivity index (χ4v) is 2.17. The van der Waals surface area contributed by atoms with Gasteiger partial charge in [-0.25, -0.2) is 0 Å². The molecule has 1 aliphatic heterocycles. The zero-order valence-electron chi connectivity index (χ0n) is 9.43. The van der Waals surface area contributed by atoms with Gasteiger partial charge in [0.05, 0.1) is 6.42 Å². The summed E-state index contributed by atoms with van der Waals surface area (Å²) in [6.07, 6.45) is 1.39. The standard InChI is InChI=1S/C12H15BrN2O.ClH/c13-10-3-1-9(2-4-10)7-12(16)15-6-5-11(14)8-15;/h1-4,11H,5-8,14H2;1H/t11-;/m0./s1. The van der Waals surface area contributed by atoms with E-state index in [0.717, 1.165) is 23.0 Å². The second kappa shape index (κ2) is 6.38. The van der Waals surface area contributed by atoms with Crippen molar-refractivity contribution in [1.29, 1.82) is 0 Å². The molecule has 2 N–H and O–H groups in total. The highest BCUT2D eigenvalue weighted by molar-refractivity contribution is 9.10. The van der Waals surface area contributed by atoms with Gasteiger partial charge in [-0.2, -0.15) is 0 Å². The highest BCUT2D eigenvalue weighted by Crippen LogP contribution is 2.13. The second-order valence-electron chi connectivity index (χ2n) is 4.19. The van der Waals surface area contributed by atoms with Gasteiger partial charge in [-0.3, -0.25) is 4.79 Å². The van der Waals surface area contributed by atoms with Crippen molar-refractivity contribution >= 4 is 34.2 Å².